The van der Waals surface area contributed by atoms with Gasteiger partial charge in [0.25, 0.3) is 5.91 Å². The Morgan fingerprint density at radius 2 is 2.20 bits per heavy atom. The lowest BCUT2D eigenvalue weighted by molar-refractivity contribution is 0.0957. The van der Waals surface area contributed by atoms with E-state index in [0.717, 1.165) is 30.9 Å². The Hall–Kier alpha value is -1.30. The number of anilines is 2. The van der Waals surface area contributed by atoms with Gasteiger partial charge in [-0.1, -0.05) is 32.1 Å². The number of amides is 1. The van der Waals surface area contributed by atoms with Gasteiger partial charge in [-0.15, -0.1) is 0 Å². The summed E-state index contributed by atoms with van der Waals surface area (Å²) in [5, 5.41) is 3.71. The van der Waals surface area contributed by atoms with Crippen LogP contribution in [-0.2, 0) is 0 Å². The van der Waals surface area contributed by atoms with Crippen LogP contribution in [0.15, 0.2) is 0 Å². The lowest BCUT2D eigenvalue weighted by atomic mass is 10.1. The number of hydrogen-bond acceptors (Lipinski definition) is 5. The molecule has 0 atom stereocenters. The first-order chi connectivity index (χ1) is 9.45. The van der Waals surface area contributed by atoms with Gasteiger partial charge >= 0.3 is 0 Å². The van der Waals surface area contributed by atoms with E-state index in [1.807, 2.05) is 11.9 Å². The Bertz CT molecular complexity index is 431. The van der Waals surface area contributed by atoms with Crippen LogP contribution in [0.3, 0.4) is 0 Å². The van der Waals surface area contributed by atoms with Crippen LogP contribution >= 0.6 is 11.3 Å². The van der Waals surface area contributed by atoms with E-state index in [2.05, 4.69) is 31.1 Å². The number of carbonyl (C=O) groups is 1. The minimum atomic E-state index is -0.111. The Balaban J connectivity index is 2.55. The quantitative estimate of drug-likeness (QED) is 0.724. The fourth-order valence-electron chi connectivity index (χ4n) is 1.87. The van der Waals surface area contributed by atoms with Crippen LogP contribution in [-0.4, -0.2) is 31.0 Å². The minimum absolute atomic E-state index is 0.111. The van der Waals surface area contributed by atoms with E-state index in [-0.39, 0.29) is 5.91 Å². The van der Waals surface area contributed by atoms with Crippen molar-refractivity contribution in [2.24, 2.45) is 5.92 Å². The van der Waals surface area contributed by atoms with Gasteiger partial charge in [0, 0.05) is 20.1 Å². The van der Waals surface area contributed by atoms with E-state index < -0.39 is 0 Å². The van der Waals surface area contributed by atoms with Gasteiger partial charge in [0.1, 0.15) is 10.7 Å². The number of nitrogens with one attached hydrogen (secondary N) is 1. The number of carbonyl (C=O) groups excluding carboxylic acids is 1. The summed E-state index contributed by atoms with van der Waals surface area (Å²) in [6.45, 7) is 8.06. The summed E-state index contributed by atoms with van der Waals surface area (Å²) in [5.41, 5.74) is 5.84. The number of aromatic nitrogens is 1. The minimum Gasteiger partial charge on any atom is -0.382 e. The second-order valence-electron chi connectivity index (χ2n) is 5.42. The zero-order valence-corrected chi connectivity index (χ0v) is 13.7. The SMILES string of the molecule is CCCN(C)c1nc(N)c(C(=O)NCCCC(C)C)s1. The van der Waals surface area contributed by atoms with Crippen molar-refractivity contribution >= 4 is 28.2 Å². The molecule has 20 heavy (non-hydrogen) atoms. The molecular weight excluding hydrogens is 272 g/mol. The van der Waals surface area contributed by atoms with Crippen molar-refractivity contribution in [3.05, 3.63) is 4.88 Å². The Labute approximate surface area is 125 Å². The first kappa shape index (κ1) is 16.8. The number of nitrogens with zero attached hydrogens (tertiary/aromatic N) is 2. The van der Waals surface area contributed by atoms with E-state index in [0.29, 0.717) is 23.2 Å². The van der Waals surface area contributed by atoms with Crippen LogP contribution in [0.2, 0.25) is 0 Å². The molecule has 0 spiro atoms. The first-order valence-electron chi connectivity index (χ1n) is 7.21. The fourth-order valence-corrected chi connectivity index (χ4v) is 2.76. The molecule has 0 aliphatic carbocycles. The highest BCUT2D eigenvalue weighted by Crippen LogP contribution is 2.27. The van der Waals surface area contributed by atoms with Crippen LogP contribution in [0.25, 0.3) is 0 Å². The number of thiazole rings is 1. The zero-order chi connectivity index (χ0) is 15.1. The van der Waals surface area contributed by atoms with Crippen molar-refractivity contribution in [2.75, 3.05) is 30.8 Å². The molecule has 3 N–H and O–H groups in total. The molecule has 1 amide bonds. The lowest BCUT2D eigenvalue weighted by Gasteiger charge is -2.13. The van der Waals surface area contributed by atoms with E-state index in [9.17, 15) is 4.79 Å². The third-order valence-electron chi connectivity index (χ3n) is 2.98. The molecule has 1 rings (SSSR count). The zero-order valence-electron chi connectivity index (χ0n) is 12.9. The first-order valence-corrected chi connectivity index (χ1v) is 8.03. The molecule has 0 bridgehead atoms. The Morgan fingerprint density at radius 1 is 1.50 bits per heavy atom. The molecule has 0 fully saturated rings. The van der Waals surface area contributed by atoms with Crippen molar-refractivity contribution in [3.8, 4) is 0 Å². The van der Waals surface area contributed by atoms with Crippen molar-refractivity contribution in [2.45, 2.75) is 40.0 Å². The average molecular weight is 298 g/mol. The van der Waals surface area contributed by atoms with Gasteiger partial charge in [0.15, 0.2) is 5.13 Å². The molecule has 0 aromatic carbocycles. The molecule has 0 aliphatic rings. The highest BCUT2D eigenvalue weighted by Gasteiger charge is 2.17. The topological polar surface area (TPSA) is 71.2 Å². The monoisotopic (exact) mass is 298 g/mol. The third-order valence-corrected chi connectivity index (χ3v) is 4.16. The highest BCUT2D eigenvalue weighted by molar-refractivity contribution is 7.18. The molecule has 0 saturated carbocycles. The smallest absolute Gasteiger partial charge is 0.265 e. The van der Waals surface area contributed by atoms with Gasteiger partial charge in [-0.05, 0) is 25.2 Å². The maximum Gasteiger partial charge on any atom is 0.265 e. The van der Waals surface area contributed by atoms with Gasteiger partial charge < -0.3 is 16.0 Å². The summed E-state index contributed by atoms with van der Waals surface area (Å²) in [6.07, 6.45) is 3.14. The maximum atomic E-state index is 12.1. The summed E-state index contributed by atoms with van der Waals surface area (Å²) < 4.78 is 0. The summed E-state index contributed by atoms with van der Waals surface area (Å²) in [5.74, 6) is 0.879. The van der Waals surface area contributed by atoms with Crippen molar-refractivity contribution in [1.82, 2.24) is 10.3 Å². The largest absolute Gasteiger partial charge is 0.382 e. The molecule has 1 heterocycles. The molecule has 6 heteroatoms. The number of nitrogen functional groups attached to an aromatic ring is 1. The van der Waals surface area contributed by atoms with Crippen molar-refractivity contribution < 1.29 is 4.79 Å². The van der Waals surface area contributed by atoms with Gasteiger partial charge in [0.2, 0.25) is 0 Å². The fraction of sp³-hybridized carbons (Fsp3) is 0.714. The maximum absolute atomic E-state index is 12.1. The number of hydrogen-bond donors (Lipinski definition) is 2. The second kappa shape index (κ2) is 8.09. The summed E-state index contributed by atoms with van der Waals surface area (Å²) >= 11 is 1.36. The molecule has 0 unspecified atom stereocenters. The normalized spacial score (nSPS) is 10.8. The van der Waals surface area contributed by atoms with Gasteiger partial charge in [-0.2, -0.15) is 0 Å². The van der Waals surface area contributed by atoms with E-state index >= 15 is 0 Å². The Kier molecular flexibility index (Phi) is 6.78. The molecule has 1 aromatic heterocycles. The molecule has 0 saturated heterocycles. The van der Waals surface area contributed by atoms with Crippen LogP contribution in [0.1, 0.15) is 49.7 Å². The third kappa shape index (κ3) is 5.00. The van der Waals surface area contributed by atoms with E-state index in [4.69, 9.17) is 5.73 Å². The van der Waals surface area contributed by atoms with Gasteiger partial charge in [-0.25, -0.2) is 4.98 Å². The Morgan fingerprint density at radius 3 is 2.80 bits per heavy atom. The highest BCUT2D eigenvalue weighted by atomic mass is 32.1. The summed E-state index contributed by atoms with van der Waals surface area (Å²) in [6, 6.07) is 0. The molecular formula is C14H26N4OS. The summed E-state index contributed by atoms with van der Waals surface area (Å²) in [4.78, 5) is 18.9. The van der Waals surface area contributed by atoms with Crippen LogP contribution in [0, 0.1) is 5.92 Å². The standard InChI is InChI=1S/C14H26N4OS/c1-5-9-18(4)14-17-12(15)11(20-14)13(19)16-8-6-7-10(2)3/h10H,5-9,15H2,1-4H3,(H,16,19). The van der Waals surface area contributed by atoms with E-state index in [1.165, 1.54) is 11.3 Å². The molecule has 114 valence electrons. The van der Waals surface area contributed by atoms with Gasteiger partial charge in [0.05, 0.1) is 0 Å². The molecule has 5 nitrogen and oxygen atoms in total. The number of nitrogens with two attached hydrogens (primary N) is 1. The van der Waals surface area contributed by atoms with Gasteiger partial charge in [-0.3, -0.25) is 4.79 Å². The molecule has 0 radical (unpaired) electrons. The predicted octanol–water partition coefficient (Wildman–Crippen LogP) is 2.74. The van der Waals surface area contributed by atoms with Crippen LogP contribution in [0.4, 0.5) is 10.9 Å². The van der Waals surface area contributed by atoms with Crippen molar-refractivity contribution in [1.29, 1.82) is 0 Å². The molecule has 1 aromatic rings. The average Bonchev–Trinajstić information content (AvgIpc) is 2.77. The molecule has 0 aliphatic heterocycles. The second-order valence-corrected chi connectivity index (χ2v) is 6.40. The predicted molar refractivity (Wildman–Crippen MR) is 86.5 cm³/mol. The number of rotatable bonds is 8. The van der Waals surface area contributed by atoms with E-state index in [1.54, 1.807) is 0 Å². The van der Waals surface area contributed by atoms with Crippen molar-refractivity contribution in [3.63, 3.8) is 0 Å². The van der Waals surface area contributed by atoms with Crippen LogP contribution in [0.5, 0.6) is 0 Å². The van der Waals surface area contributed by atoms with Crippen LogP contribution < -0.4 is 16.0 Å². The summed E-state index contributed by atoms with van der Waals surface area (Å²) in [7, 11) is 1.96. The lowest BCUT2D eigenvalue weighted by Crippen LogP contribution is -2.24.